The van der Waals surface area contributed by atoms with Gasteiger partial charge >= 0.3 is 7.12 Å². The summed E-state index contributed by atoms with van der Waals surface area (Å²) in [5, 5.41) is 40.6. The lowest BCUT2D eigenvalue weighted by atomic mass is 9.86. The number of unbranched alkanes of at least 4 members (excludes halogenated alkanes) is 2. The van der Waals surface area contributed by atoms with Gasteiger partial charge in [-0.25, -0.2) is 0 Å². The Morgan fingerprint density at radius 3 is 1.77 bits per heavy atom. The van der Waals surface area contributed by atoms with Gasteiger partial charge in [0.05, 0.1) is 6.10 Å². The number of hydrogen-bond acceptors (Lipinski definition) is 12. The largest absolute Gasteiger partial charge is 0.490 e. The minimum Gasteiger partial charge on any atom is -0.425 e. The summed E-state index contributed by atoms with van der Waals surface area (Å²) in [6.45, 7) is 3.91. The fourth-order valence-electron chi connectivity index (χ4n) is 5.22. The van der Waals surface area contributed by atoms with Gasteiger partial charge in [0.15, 0.2) is 6.17 Å². The first-order valence-electron chi connectivity index (χ1n) is 17.9. The van der Waals surface area contributed by atoms with E-state index in [9.17, 15) is 39.1 Å². The van der Waals surface area contributed by atoms with Crippen LogP contribution in [0.1, 0.15) is 74.7 Å². The molecule has 16 N–H and O–H groups in total. The van der Waals surface area contributed by atoms with Crippen LogP contribution in [-0.4, -0.2) is 101 Å². The fraction of sp³-hybridized carbons (Fsp3) is 0.514. The average molecular weight is 742 g/mol. The lowest BCUT2D eigenvalue weighted by molar-refractivity contribution is -0.135. The first kappa shape index (κ1) is 44.7. The first-order valence-corrected chi connectivity index (χ1v) is 17.9. The number of aliphatic hydroxyl groups excluding tert-OH is 1. The highest BCUT2D eigenvalue weighted by Gasteiger charge is 2.33. The molecule has 0 aliphatic carbocycles. The molecule has 53 heavy (non-hydrogen) atoms. The summed E-state index contributed by atoms with van der Waals surface area (Å²) in [6, 6.07) is 9.68. The van der Waals surface area contributed by atoms with E-state index in [1.165, 1.54) is 12.5 Å². The van der Waals surface area contributed by atoms with E-state index >= 15 is 0 Å². The highest BCUT2D eigenvalue weighted by molar-refractivity contribution is 6.43. The molecule has 0 bridgehead atoms. The number of carbonyl (C=O) groups is 5. The Labute approximate surface area is 310 Å². The molecule has 2 rings (SSSR count). The van der Waals surface area contributed by atoms with Crippen LogP contribution in [0.4, 0.5) is 0 Å². The number of aliphatic hydroxyl groups is 1. The maximum Gasteiger partial charge on any atom is 0.490 e. The van der Waals surface area contributed by atoms with E-state index in [0.717, 1.165) is 30.4 Å². The molecule has 2 aromatic rings. The summed E-state index contributed by atoms with van der Waals surface area (Å²) in [6.07, 6.45) is 1.57. The Balaban J connectivity index is 2.11. The van der Waals surface area contributed by atoms with Crippen LogP contribution < -0.4 is 49.5 Å². The molecule has 0 aliphatic heterocycles. The molecular formula is C35H56BN9O8. The lowest BCUT2D eigenvalue weighted by Gasteiger charge is -2.26. The number of nitrogens with two attached hydrogens (primary N) is 4. The molecule has 0 heterocycles. The van der Waals surface area contributed by atoms with Crippen LogP contribution in [0, 0.1) is 0 Å². The van der Waals surface area contributed by atoms with E-state index < -0.39 is 73.1 Å². The second kappa shape index (κ2) is 23.3. The summed E-state index contributed by atoms with van der Waals surface area (Å²) in [4.78, 5) is 65.4. The SMILES string of the molecule is CCCCc1ccc(-c2ccc(C(=O)N[C@@H](CCCCN)C(=O)N[C@H](C(=O)N[C@@H](N)C(=O)N[C@@H](CCCN)C(=O)N[C@@H](N)B(O)O)C(C)O)cc2)cc1. The first-order chi connectivity index (χ1) is 25.2. The number of benzene rings is 2. The highest BCUT2D eigenvalue weighted by atomic mass is 16.4. The zero-order chi connectivity index (χ0) is 39.5. The third-order valence-corrected chi connectivity index (χ3v) is 8.42. The second-order valence-corrected chi connectivity index (χ2v) is 12.8. The Bertz CT molecular complexity index is 1460. The topological polar surface area (TPSA) is 310 Å². The second-order valence-electron chi connectivity index (χ2n) is 12.8. The van der Waals surface area contributed by atoms with Gasteiger partial charge < -0.3 is 64.7 Å². The summed E-state index contributed by atoms with van der Waals surface area (Å²) >= 11 is 0. The maximum atomic E-state index is 13.5. The quantitative estimate of drug-likeness (QED) is 0.0329. The molecule has 5 amide bonds. The minimum atomic E-state index is -2.07. The van der Waals surface area contributed by atoms with E-state index in [4.69, 9.17) is 22.9 Å². The Kier molecular flexibility index (Phi) is 19.7. The summed E-state index contributed by atoms with van der Waals surface area (Å²) < 4.78 is 0. The summed E-state index contributed by atoms with van der Waals surface area (Å²) in [7, 11) is -2.07. The molecule has 17 nitrogen and oxygen atoms in total. The standard InChI is InChI=1S/C35H56BN9O8/c1-3-4-8-22-11-13-23(14-12-22)24-15-17-25(18-16-24)30(47)41-26(9-5-6-19-37)31(48)43-28(21(2)46)33(50)44-29(39)34(51)42-27(10-7-20-38)32(49)45-35(40)36(52)53/h11-18,21,26-29,35,46,52-53H,3-10,19-20,37-40H2,1-2H3,(H,41,47)(H,42,51)(H,43,48)(H,44,50)(H,45,49)/t21?,26-,27-,28-,29+,35+/m0/s1. The van der Waals surface area contributed by atoms with Crippen molar-refractivity contribution in [3.63, 3.8) is 0 Å². The molecule has 292 valence electrons. The smallest absolute Gasteiger partial charge is 0.425 e. The Morgan fingerprint density at radius 2 is 1.23 bits per heavy atom. The number of nitrogens with one attached hydrogen (secondary N) is 5. The monoisotopic (exact) mass is 741 g/mol. The molecule has 18 heteroatoms. The molecule has 0 saturated heterocycles. The summed E-state index contributed by atoms with van der Waals surface area (Å²) in [5.74, 6) is -4.18. The third kappa shape index (κ3) is 15.2. The Morgan fingerprint density at radius 1 is 0.679 bits per heavy atom. The van der Waals surface area contributed by atoms with Crippen molar-refractivity contribution in [2.24, 2.45) is 22.9 Å². The molecule has 6 atom stereocenters. The number of amides is 5. The van der Waals surface area contributed by atoms with Gasteiger partial charge in [-0.15, -0.1) is 0 Å². The van der Waals surface area contributed by atoms with Gasteiger partial charge in [0.2, 0.25) is 17.7 Å². The van der Waals surface area contributed by atoms with Crippen LogP contribution in [0.15, 0.2) is 48.5 Å². The number of rotatable bonds is 23. The van der Waals surface area contributed by atoms with Gasteiger partial charge in [-0.1, -0.05) is 49.7 Å². The number of hydrogen-bond donors (Lipinski definition) is 12. The molecule has 1 unspecified atom stereocenters. The molecule has 2 aromatic carbocycles. The minimum absolute atomic E-state index is 0.0315. The van der Waals surface area contributed by atoms with Crippen molar-refractivity contribution in [2.75, 3.05) is 13.1 Å². The van der Waals surface area contributed by atoms with Crippen molar-refractivity contribution in [2.45, 2.75) is 102 Å². The Hall–Kier alpha value is -4.43. The van der Waals surface area contributed by atoms with Crippen LogP contribution in [0.2, 0.25) is 0 Å². The molecule has 0 fully saturated rings. The molecule has 0 radical (unpaired) electrons. The fourth-order valence-corrected chi connectivity index (χ4v) is 5.22. The van der Waals surface area contributed by atoms with Crippen LogP contribution >= 0.6 is 0 Å². The van der Waals surface area contributed by atoms with E-state index in [1.54, 1.807) is 12.1 Å². The zero-order valence-corrected chi connectivity index (χ0v) is 30.4. The van der Waals surface area contributed by atoms with Gasteiger partial charge in [0.1, 0.15) is 24.2 Å². The van der Waals surface area contributed by atoms with E-state index in [1.807, 2.05) is 24.3 Å². The van der Waals surface area contributed by atoms with Crippen LogP contribution in [0.25, 0.3) is 11.1 Å². The van der Waals surface area contributed by atoms with Crippen molar-refractivity contribution in [3.05, 3.63) is 59.7 Å². The maximum absolute atomic E-state index is 13.5. The molecule has 0 spiro atoms. The molecule has 0 aromatic heterocycles. The van der Waals surface area contributed by atoms with Gasteiger partial charge in [0.25, 0.3) is 11.8 Å². The average Bonchev–Trinajstić information content (AvgIpc) is 3.13. The van der Waals surface area contributed by atoms with Gasteiger partial charge in [0, 0.05) is 5.56 Å². The van der Waals surface area contributed by atoms with Crippen molar-refractivity contribution in [1.82, 2.24) is 26.6 Å². The number of carbonyl (C=O) groups excluding carboxylic acids is 5. The van der Waals surface area contributed by atoms with Crippen molar-refractivity contribution in [3.8, 4) is 11.1 Å². The van der Waals surface area contributed by atoms with Crippen molar-refractivity contribution >= 4 is 36.7 Å². The van der Waals surface area contributed by atoms with E-state index in [-0.39, 0.29) is 25.8 Å². The van der Waals surface area contributed by atoms with Gasteiger partial charge in [-0.05, 0) is 93.8 Å². The molecular weight excluding hydrogens is 685 g/mol. The van der Waals surface area contributed by atoms with Crippen molar-refractivity contribution in [1.29, 1.82) is 0 Å². The highest BCUT2D eigenvalue weighted by Crippen LogP contribution is 2.21. The van der Waals surface area contributed by atoms with E-state index in [0.29, 0.717) is 24.9 Å². The molecule has 0 aliphatic rings. The van der Waals surface area contributed by atoms with Crippen LogP contribution in [0.3, 0.4) is 0 Å². The predicted molar refractivity (Wildman–Crippen MR) is 201 cm³/mol. The zero-order valence-electron chi connectivity index (χ0n) is 30.4. The van der Waals surface area contributed by atoms with Crippen LogP contribution in [0.5, 0.6) is 0 Å². The van der Waals surface area contributed by atoms with E-state index in [2.05, 4.69) is 45.6 Å². The lowest BCUT2D eigenvalue weighted by Crippen LogP contribution is -2.63. The number of aryl methyl sites for hydroxylation is 1. The van der Waals surface area contributed by atoms with Gasteiger partial charge in [-0.3, -0.25) is 24.0 Å². The third-order valence-electron chi connectivity index (χ3n) is 8.42. The normalized spacial score (nSPS) is 14.4. The molecule has 0 saturated carbocycles. The van der Waals surface area contributed by atoms with Gasteiger partial charge in [-0.2, -0.15) is 0 Å². The van der Waals surface area contributed by atoms with Crippen molar-refractivity contribution < 1.29 is 39.1 Å². The summed E-state index contributed by atoms with van der Waals surface area (Å²) in [5.41, 5.74) is 26.0. The predicted octanol–water partition coefficient (Wildman–Crippen LogP) is -2.17. The van der Waals surface area contributed by atoms with Crippen LogP contribution in [-0.2, 0) is 25.6 Å².